The Hall–Kier alpha value is -2.51. The van der Waals surface area contributed by atoms with Crippen molar-refractivity contribution in [1.82, 2.24) is 24.8 Å². The Balaban J connectivity index is 1.60. The van der Waals surface area contributed by atoms with Crippen LogP contribution in [0.2, 0.25) is 0 Å². The number of aromatic nitrogens is 4. The van der Waals surface area contributed by atoms with E-state index < -0.39 is 0 Å². The van der Waals surface area contributed by atoms with Gasteiger partial charge < -0.3 is 9.26 Å². The van der Waals surface area contributed by atoms with Crippen molar-refractivity contribution >= 4 is 0 Å². The number of aryl methyl sites for hydroxylation is 2. The molecule has 0 amide bonds. The lowest BCUT2D eigenvalue weighted by atomic mass is 10.0. The van der Waals surface area contributed by atoms with Crippen LogP contribution in [0.15, 0.2) is 34.9 Å². The second-order valence-electron chi connectivity index (χ2n) is 7.02. The van der Waals surface area contributed by atoms with Crippen LogP contribution < -0.4 is 0 Å². The largest absolute Gasteiger partial charge is 0.378 e. The Morgan fingerprint density at radius 2 is 1.93 bits per heavy atom. The molecule has 1 aliphatic rings. The fourth-order valence-corrected chi connectivity index (χ4v) is 3.78. The first-order valence-electron chi connectivity index (χ1n) is 9.30. The molecule has 0 bridgehead atoms. The first-order valence-corrected chi connectivity index (χ1v) is 9.30. The second-order valence-corrected chi connectivity index (χ2v) is 7.02. The van der Waals surface area contributed by atoms with Crippen molar-refractivity contribution < 1.29 is 9.26 Å². The van der Waals surface area contributed by atoms with E-state index in [2.05, 4.69) is 57.8 Å². The molecule has 4 rings (SSSR count). The van der Waals surface area contributed by atoms with E-state index in [0.29, 0.717) is 31.5 Å². The van der Waals surface area contributed by atoms with Crippen LogP contribution in [0.5, 0.6) is 0 Å². The normalized spacial score (nSPS) is 18.1. The number of hydrogen-bond acceptors (Lipinski definition) is 6. The Labute approximate surface area is 158 Å². The summed E-state index contributed by atoms with van der Waals surface area (Å²) in [5, 5.41) is 8.87. The molecule has 0 saturated carbocycles. The van der Waals surface area contributed by atoms with Gasteiger partial charge in [0, 0.05) is 24.7 Å². The molecule has 0 unspecified atom stereocenters. The number of hydrogen-bond donors (Lipinski definition) is 0. The van der Waals surface area contributed by atoms with E-state index in [1.165, 1.54) is 16.8 Å². The molecule has 27 heavy (non-hydrogen) atoms. The van der Waals surface area contributed by atoms with E-state index in [4.69, 9.17) is 14.4 Å². The first kappa shape index (κ1) is 17.9. The number of nitrogens with zero attached hydrogens (tertiary/aromatic N) is 5. The fraction of sp³-hybridized carbons (Fsp3) is 0.450. The molecule has 3 heterocycles. The summed E-state index contributed by atoms with van der Waals surface area (Å²) >= 11 is 0. The molecule has 142 valence electrons. The van der Waals surface area contributed by atoms with E-state index >= 15 is 0 Å². The zero-order chi connectivity index (χ0) is 18.8. The number of benzene rings is 1. The fourth-order valence-electron chi connectivity index (χ4n) is 3.78. The second kappa shape index (κ2) is 7.62. The average molecular weight is 367 g/mol. The van der Waals surface area contributed by atoms with Crippen LogP contribution in [-0.4, -0.2) is 44.6 Å². The Morgan fingerprint density at radius 3 is 2.67 bits per heavy atom. The average Bonchev–Trinajstić information content (AvgIpc) is 3.19. The van der Waals surface area contributed by atoms with Gasteiger partial charge in [-0.25, -0.2) is 0 Å². The minimum atomic E-state index is 0.141. The smallest absolute Gasteiger partial charge is 0.223 e. The van der Waals surface area contributed by atoms with Gasteiger partial charge in [0.25, 0.3) is 0 Å². The molecule has 1 aliphatic heterocycles. The molecular formula is C20H25N5O2. The zero-order valence-corrected chi connectivity index (χ0v) is 16.1. The van der Waals surface area contributed by atoms with Gasteiger partial charge in [-0.05, 0) is 19.4 Å². The van der Waals surface area contributed by atoms with Gasteiger partial charge in [0.15, 0.2) is 5.82 Å². The van der Waals surface area contributed by atoms with E-state index in [0.717, 1.165) is 18.8 Å². The van der Waals surface area contributed by atoms with Crippen molar-refractivity contribution in [2.24, 2.45) is 0 Å². The Bertz CT molecular complexity index is 902. The van der Waals surface area contributed by atoms with Crippen molar-refractivity contribution in [3.8, 4) is 0 Å². The highest BCUT2D eigenvalue weighted by atomic mass is 16.5. The van der Waals surface area contributed by atoms with Gasteiger partial charge in [-0.1, -0.05) is 35.5 Å². The highest BCUT2D eigenvalue weighted by molar-refractivity contribution is 5.30. The molecule has 2 aromatic heterocycles. The molecule has 7 heteroatoms. The summed E-state index contributed by atoms with van der Waals surface area (Å²) < 4.78 is 13.0. The maximum absolute atomic E-state index is 5.80. The summed E-state index contributed by atoms with van der Waals surface area (Å²) in [6, 6.07) is 10.6. The lowest BCUT2D eigenvalue weighted by molar-refractivity contribution is -0.0145. The minimum Gasteiger partial charge on any atom is -0.378 e. The van der Waals surface area contributed by atoms with Crippen molar-refractivity contribution in [3.63, 3.8) is 0 Å². The van der Waals surface area contributed by atoms with Crippen LogP contribution in [0.1, 0.15) is 40.3 Å². The van der Waals surface area contributed by atoms with Gasteiger partial charge in [-0.3, -0.25) is 9.58 Å². The molecule has 3 aromatic rings. The zero-order valence-electron chi connectivity index (χ0n) is 16.1. The van der Waals surface area contributed by atoms with Crippen molar-refractivity contribution in [2.45, 2.75) is 39.9 Å². The molecular weight excluding hydrogens is 342 g/mol. The standard InChI is InChI=1S/C20H25N5O2/c1-14-20(15(2)25(22-14)11-17-7-5-4-6-8-17)18-13-26-10-9-24(18)12-19-21-16(3)27-23-19/h4-8,18H,9-13H2,1-3H3/t18-/m0/s1. The lowest BCUT2D eigenvalue weighted by Gasteiger charge is -2.35. The summed E-state index contributed by atoms with van der Waals surface area (Å²) in [6.45, 7) is 9.65. The summed E-state index contributed by atoms with van der Waals surface area (Å²) in [5.74, 6) is 1.31. The van der Waals surface area contributed by atoms with Crippen LogP contribution >= 0.6 is 0 Å². The van der Waals surface area contributed by atoms with Gasteiger partial charge in [0.1, 0.15) is 0 Å². The Kier molecular flexibility index (Phi) is 5.05. The van der Waals surface area contributed by atoms with Crippen LogP contribution in [-0.2, 0) is 17.8 Å². The topological polar surface area (TPSA) is 69.2 Å². The molecule has 7 nitrogen and oxygen atoms in total. The third-order valence-corrected chi connectivity index (χ3v) is 5.10. The van der Waals surface area contributed by atoms with Crippen molar-refractivity contribution in [3.05, 3.63) is 64.6 Å². The monoisotopic (exact) mass is 367 g/mol. The van der Waals surface area contributed by atoms with Gasteiger partial charge in [0.2, 0.25) is 5.89 Å². The van der Waals surface area contributed by atoms with Gasteiger partial charge >= 0.3 is 0 Å². The van der Waals surface area contributed by atoms with E-state index in [1.54, 1.807) is 0 Å². The summed E-state index contributed by atoms with van der Waals surface area (Å²) in [5.41, 5.74) is 4.72. The van der Waals surface area contributed by atoms with Crippen LogP contribution in [0.4, 0.5) is 0 Å². The molecule has 0 radical (unpaired) electrons. The molecule has 0 N–H and O–H groups in total. The van der Waals surface area contributed by atoms with Gasteiger partial charge in [-0.15, -0.1) is 0 Å². The lowest BCUT2D eigenvalue weighted by Crippen LogP contribution is -2.39. The molecule has 1 fully saturated rings. The summed E-state index contributed by atoms with van der Waals surface area (Å²) in [4.78, 5) is 6.72. The summed E-state index contributed by atoms with van der Waals surface area (Å²) in [7, 11) is 0. The van der Waals surface area contributed by atoms with Gasteiger partial charge in [0.05, 0.1) is 38.0 Å². The highest BCUT2D eigenvalue weighted by Crippen LogP contribution is 2.30. The Morgan fingerprint density at radius 1 is 1.11 bits per heavy atom. The predicted octanol–water partition coefficient (Wildman–Crippen LogP) is 2.81. The molecule has 0 spiro atoms. The van der Waals surface area contributed by atoms with Crippen LogP contribution in [0.25, 0.3) is 0 Å². The van der Waals surface area contributed by atoms with Gasteiger partial charge in [-0.2, -0.15) is 10.1 Å². The summed E-state index contributed by atoms with van der Waals surface area (Å²) in [6.07, 6.45) is 0. The van der Waals surface area contributed by atoms with E-state index in [1.807, 2.05) is 13.0 Å². The molecule has 0 aliphatic carbocycles. The maximum Gasteiger partial charge on any atom is 0.223 e. The number of morpholine rings is 1. The molecule has 1 atom stereocenters. The first-order chi connectivity index (χ1) is 13.1. The third kappa shape index (κ3) is 3.79. The SMILES string of the molecule is Cc1nc(CN2CCOC[C@H]2c2c(C)nn(Cc3ccccc3)c2C)no1. The van der Waals surface area contributed by atoms with Crippen molar-refractivity contribution in [1.29, 1.82) is 0 Å². The number of ether oxygens (including phenoxy) is 1. The quantitative estimate of drug-likeness (QED) is 0.691. The maximum atomic E-state index is 5.80. The van der Waals surface area contributed by atoms with Crippen molar-refractivity contribution in [2.75, 3.05) is 19.8 Å². The third-order valence-electron chi connectivity index (χ3n) is 5.10. The minimum absolute atomic E-state index is 0.141. The highest BCUT2D eigenvalue weighted by Gasteiger charge is 2.30. The number of rotatable bonds is 5. The molecule has 1 saturated heterocycles. The van der Waals surface area contributed by atoms with E-state index in [9.17, 15) is 0 Å². The van der Waals surface area contributed by atoms with E-state index in [-0.39, 0.29) is 6.04 Å². The molecule has 1 aromatic carbocycles. The van der Waals surface area contributed by atoms with Crippen LogP contribution in [0, 0.1) is 20.8 Å². The van der Waals surface area contributed by atoms with Crippen LogP contribution in [0.3, 0.4) is 0 Å². The predicted molar refractivity (Wildman–Crippen MR) is 100 cm³/mol.